The van der Waals surface area contributed by atoms with Crippen LogP contribution in [-0.4, -0.2) is 21.5 Å². The van der Waals surface area contributed by atoms with Gasteiger partial charge in [-0.15, -0.1) is 0 Å². The van der Waals surface area contributed by atoms with Gasteiger partial charge in [-0.3, -0.25) is 0 Å². The lowest BCUT2D eigenvalue weighted by Crippen LogP contribution is -2.33. The van der Waals surface area contributed by atoms with Gasteiger partial charge in [0.1, 0.15) is 0 Å². The van der Waals surface area contributed by atoms with Crippen molar-refractivity contribution in [3.8, 4) is 0 Å². The van der Waals surface area contributed by atoms with Crippen molar-refractivity contribution in [1.82, 2.24) is 4.72 Å². The molecule has 21 heavy (non-hydrogen) atoms. The topological polar surface area (TPSA) is 58.2 Å². The number of sulfonamides is 1. The van der Waals surface area contributed by atoms with E-state index in [2.05, 4.69) is 23.9 Å². The minimum atomic E-state index is -3.41. The molecule has 0 heterocycles. The lowest BCUT2D eigenvalue weighted by molar-refractivity contribution is 0.280. The summed E-state index contributed by atoms with van der Waals surface area (Å²) in [6, 6.07) is 5.99. The number of hydrogen-bond donors (Lipinski definition) is 2. The first kappa shape index (κ1) is 16.3. The molecule has 3 unspecified atom stereocenters. The van der Waals surface area contributed by atoms with Crippen molar-refractivity contribution in [2.45, 2.75) is 51.0 Å². The molecule has 0 aliphatic heterocycles. The maximum absolute atomic E-state index is 12.0. The van der Waals surface area contributed by atoms with Gasteiger partial charge in [-0.1, -0.05) is 26.3 Å². The van der Waals surface area contributed by atoms with E-state index in [0.717, 1.165) is 23.6 Å². The average molecular weight is 310 g/mol. The van der Waals surface area contributed by atoms with Gasteiger partial charge in [0, 0.05) is 11.7 Å². The normalized spacial score (nSPS) is 26.6. The molecule has 4 nitrogen and oxygen atoms in total. The van der Waals surface area contributed by atoms with E-state index in [4.69, 9.17) is 0 Å². The number of anilines is 1. The Kier molecular flexibility index (Phi) is 4.94. The van der Waals surface area contributed by atoms with Crippen LogP contribution >= 0.6 is 0 Å². The van der Waals surface area contributed by atoms with Gasteiger partial charge in [-0.25, -0.2) is 13.1 Å². The van der Waals surface area contributed by atoms with Gasteiger partial charge in [-0.05, 0) is 56.3 Å². The van der Waals surface area contributed by atoms with Crippen LogP contribution in [0.2, 0.25) is 0 Å². The summed E-state index contributed by atoms with van der Waals surface area (Å²) >= 11 is 0. The maximum Gasteiger partial charge on any atom is 0.240 e. The Balaban J connectivity index is 2.23. The minimum absolute atomic E-state index is 0.353. The third-order valence-corrected chi connectivity index (χ3v) is 6.11. The first-order valence-electron chi connectivity index (χ1n) is 7.64. The first-order valence-corrected chi connectivity index (χ1v) is 9.12. The maximum atomic E-state index is 12.0. The number of nitrogens with one attached hydrogen (secondary N) is 2. The van der Waals surface area contributed by atoms with Crippen molar-refractivity contribution in [1.29, 1.82) is 0 Å². The fourth-order valence-corrected chi connectivity index (χ4v) is 4.03. The minimum Gasteiger partial charge on any atom is -0.382 e. The van der Waals surface area contributed by atoms with Crippen LogP contribution in [0.5, 0.6) is 0 Å². The predicted molar refractivity (Wildman–Crippen MR) is 87.0 cm³/mol. The lowest BCUT2D eigenvalue weighted by atomic mass is 9.80. The highest BCUT2D eigenvalue weighted by atomic mass is 32.2. The monoisotopic (exact) mass is 310 g/mol. The first-order chi connectivity index (χ1) is 9.83. The summed E-state index contributed by atoms with van der Waals surface area (Å²) in [6.07, 6.45) is 3.65. The van der Waals surface area contributed by atoms with Crippen molar-refractivity contribution in [2.75, 3.05) is 12.4 Å². The molecule has 0 amide bonds. The standard InChI is InChI=1S/C16H26N2O2S/c1-11-5-6-12(2)15(9-11)18-14-8-7-13(3)16(10-14)21(19,20)17-4/h7-8,10-12,15,17-18H,5-6,9H2,1-4H3. The van der Waals surface area contributed by atoms with Crippen LogP contribution in [0, 0.1) is 18.8 Å². The van der Waals surface area contributed by atoms with Crippen LogP contribution in [0.4, 0.5) is 5.69 Å². The van der Waals surface area contributed by atoms with Gasteiger partial charge in [0.15, 0.2) is 0 Å². The van der Waals surface area contributed by atoms with E-state index < -0.39 is 10.0 Å². The molecule has 3 atom stereocenters. The Hall–Kier alpha value is -1.07. The summed E-state index contributed by atoms with van der Waals surface area (Å²) in [5.41, 5.74) is 1.65. The van der Waals surface area contributed by atoms with Crippen molar-refractivity contribution in [3.63, 3.8) is 0 Å². The molecule has 0 saturated heterocycles. The highest BCUT2D eigenvalue weighted by molar-refractivity contribution is 7.89. The van der Waals surface area contributed by atoms with Crippen LogP contribution < -0.4 is 10.0 Å². The molecule has 0 bridgehead atoms. The largest absolute Gasteiger partial charge is 0.382 e. The quantitative estimate of drug-likeness (QED) is 0.898. The SMILES string of the molecule is CNS(=O)(=O)c1cc(NC2CC(C)CCC2C)ccc1C. The van der Waals surface area contributed by atoms with Gasteiger partial charge in [0.05, 0.1) is 4.90 Å². The van der Waals surface area contributed by atoms with Crippen LogP contribution in [-0.2, 0) is 10.0 Å². The van der Waals surface area contributed by atoms with Gasteiger partial charge in [-0.2, -0.15) is 0 Å². The molecule has 2 N–H and O–H groups in total. The Labute approximate surface area is 128 Å². The molecule has 5 heteroatoms. The molecule has 1 fully saturated rings. The van der Waals surface area contributed by atoms with Gasteiger partial charge in [0.2, 0.25) is 10.0 Å². The van der Waals surface area contributed by atoms with Crippen LogP contribution in [0.25, 0.3) is 0 Å². The van der Waals surface area contributed by atoms with Crippen LogP contribution in [0.15, 0.2) is 23.1 Å². The van der Waals surface area contributed by atoms with Crippen LogP contribution in [0.3, 0.4) is 0 Å². The zero-order chi connectivity index (χ0) is 15.6. The van der Waals surface area contributed by atoms with Gasteiger partial charge in [0.25, 0.3) is 0 Å². The van der Waals surface area contributed by atoms with Gasteiger partial charge < -0.3 is 5.32 Å². The van der Waals surface area contributed by atoms with E-state index in [9.17, 15) is 8.42 Å². The zero-order valence-corrected chi connectivity index (χ0v) is 14.1. The molecule has 1 aliphatic rings. The summed E-state index contributed by atoms with van der Waals surface area (Å²) in [4.78, 5) is 0.353. The molecule has 0 spiro atoms. The second-order valence-electron chi connectivity index (χ2n) is 6.33. The summed E-state index contributed by atoms with van der Waals surface area (Å²) in [5, 5.41) is 3.53. The fourth-order valence-electron chi connectivity index (χ4n) is 3.04. The van der Waals surface area contributed by atoms with E-state index in [-0.39, 0.29) is 0 Å². The van der Waals surface area contributed by atoms with Crippen molar-refractivity contribution < 1.29 is 8.42 Å². The second-order valence-corrected chi connectivity index (χ2v) is 8.19. The smallest absolute Gasteiger partial charge is 0.240 e. The Morgan fingerprint density at radius 2 is 1.90 bits per heavy atom. The molecule has 0 radical (unpaired) electrons. The van der Waals surface area contributed by atoms with Gasteiger partial charge >= 0.3 is 0 Å². The second kappa shape index (κ2) is 6.36. The van der Waals surface area contributed by atoms with E-state index in [1.54, 1.807) is 6.07 Å². The van der Waals surface area contributed by atoms with E-state index in [1.807, 2.05) is 19.1 Å². The predicted octanol–water partition coefficient (Wildman–Crippen LogP) is 3.14. The summed E-state index contributed by atoms with van der Waals surface area (Å²) in [5.74, 6) is 1.34. The molecule has 1 saturated carbocycles. The number of hydrogen-bond acceptors (Lipinski definition) is 3. The Bertz CT molecular complexity index is 598. The fraction of sp³-hybridized carbons (Fsp3) is 0.625. The third kappa shape index (κ3) is 3.77. The van der Waals surface area contributed by atoms with E-state index in [1.165, 1.54) is 19.9 Å². The van der Waals surface area contributed by atoms with E-state index in [0.29, 0.717) is 16.9 Å². The highest BCUT2D eigenvalue weighted by Gasteiger charge is 2.25. The average Bonchev–Trinajstić information content (AvgIpc) is 2.44. The molecule has 1 aromatic carbocycles. The molecule has 118 valence electrons. The van der Waals surface area contributed by atoms with Crippen LogP contribution in [0.1, 0.15) is 38.7 Å². The number of rotatable bonds is 4. The molecule has 1 aromatic rings. The summed E-state index contributed by atoms with van der Waals surface area (Å²) in [6.45, 7) is 6.37. The van der Waals surface area contributed by atoms with Crippen molar-refractivity contribution >= 4 is 15.7 Å². The molecular formula is C16H26N2O2S. The molecule has 0 aromatic heterocycles. The third-order valence-electron chi connectivity index (χ3n) is 4.56. The number of benzene rings is 1. The Morgan fingerprint density at radius 1 is 1.19 bits per heavy atom. The van der Waals surface area contributed by atoms with E-state index >= 15 is 0 Å². The lowest BCUT2D eigenvalue weighted by Gasteiger charge is -2.34. The van der Waals surface area contributed by atoms with Crippen molar-refractivity contribution in [3.05, 3.63) is 23.8 Å². The Morgan fingerprint density at radius 3 is 2.57 bits per heavy atom. The number of aryl methyl sites for hydroxylation is 1. The summed E-state index contributed by atoms with van der Waals surface area (Å²) in [7, 11) is -1.96. The molecular weight excluding hydrogens is 284 g/mol. The molecule has 2 rings (SSSR count). The summed E-state index contributed by atoms with van der Waals surface area (Å²) < 4.78 is 26.5. The molecule has 1 aliphatic carbocycles. The zero-order valence-electron chi connectivity index (χ0n) is 13.3. The van der Waals surface area contributed by atoms with Crippen molar-refractivity contribution in [2.24, 2.45) is 11.8 Å². The highest BCUT2D eigenvalue weighted by Crippen LogP contribution is 2.31.